The Morgan fingerprint density at radius 1 is 1.25 bits per heavy atom. The van der Waals surface area contributed by atoms with Crippen LogP contribution in [0.25, 0.3) is 10.1 Å². The van der Waals surface area contributed by atoms with Crippen molar-refractivity contribution < 1.29 is 9.22 Å². The Hall–Kier alpha value is -1.13. The van der Waals surface area contributed by atoms with Crippen LogP contribution in [-0.2, 0) is 4.43 Å². The van der Waals surface area contributed by atoms with Gasteiger partial charge in [-0.25, -0.2) is 4.79 Å². The molecule has 0 aliphatic heterocycles. The van der Waals surface area contributed by atoms with Gasteiger partial charge >= 0.3 is 5.97 Å². The minimum Gasteiger partial charge on any atom is -0.516 e. The smallest absolute Gasteiger partial charge is 0.335 e. The highest BCUT2D eigenvalue weighted by molar-refractivity contribution is 7.20. The van der Waals surface area contributed by atoms with Crippen LogP contribution in [0.4, 0.5) is 0 Å². The van der Waals surface area contributed by atoms with Gasteiger partial charge in [-0.1, -0.05) is 18.2 Å². The van der Waals surface area contributed by atoms with Crippen LogP contribution >= 0.6 is 11.3 Å². The molecule has 0 spiro atoms. The molecule has 0 fully saturated rings. The first-order valence-electron chi connectivity index (χ1n) is 5.18. The Morgan fingerprint density at radius 3 is 2.56 bits per heavy atom. The zero-order chi connectivity index (χ0) is 11.8. The van der Waals surface area contributed by atoms with E-state index in [0.717, 1.165) is 10.1 Å². The summed E-state index contributed by atoms with van der Waals surface area (Å²) in [5.41, 5.74) is 0. The molecule has 1 heterocycles. The largest absolute Gasteiger partial charge is 0.516 e. The Labute approximate surface area is 100.0 Å². The van der Waals surface area contributed by atoms with E-state index in [4.69, 9.17) is 4.43 Å². The molecule has 0 bridgehead atoms. The quantitative estimate of drug-likeness (QED) is 0.756. The second kappa shape index (κ2) is 4.03. The average Bonchev–Trinajstić information content (AvgIpc) is 2.58. The third kappa shape index (κ3) is 2.51. The molecule has 1 aromatic carbocycles. The van der Waals surface area contributed by atoms with Crippen LogP contribution in [0.15, 0.2) is 30.3 Å². The van der Waals surface area contributed by atoms with Gasteiger partial charge in [-0.15, -0.1) is 11.3 Å². The van der Waals surface area contributed by atoms with Crippen molar-refractivity contribution in [2.24, 2.45) is 0 Å². The molecule has 0 unspecified atom stereocenters. The standard InChI is InChI=1S/C12H14O2SSi/c1-16(2,3)14-12(13)11-8-9-6-4-5-7-10(9)15-11/h4-8H,1-3H3. The van der Waals surface area contributed by atoms with Crippen molar-refractivity contribution in [1.29, 1.82) is 0 Å². The Bertz CT molecular complexity index is 492. The Balaban J connectivity index is 2.30. The molecule has 0 aliphatic carbocycles. The van der Waals surface area contributed by atoms with Crippen molar-refractivity contribution in [2.45, 2.75) is 19.6 Å². The molecule has 0 amide bonds. The van der Waals surface area contributed by atoms with Gasteiger partial charge in [0.1, 0.15) is 4.88 Å². The summed E-state index contributed by atoms with van der Waals surface area (Å²) in [6, 6.07) is 9.89. The summed E-state index contributed by atoms with van der Waals surface area (Å²) < 4.78 is 6.59. The van der Waals surface area contributed by atoms with Crippen molar-refractivity contribution in [3.8, 4) is 0 Å². The first-order chi connectivity index (χ1) is 7.46. The summed E-state index contributed by atoms with van der Waals surface area (Å²) in [6.07, 6.45) is 0. The monoisotopic (exact) mass is 250 g/mol. The first-order valence-corrected chi connectivity index (χ1v) is 9.40. The van der Waals surface area contributed by atoms with Gasteiger partial charge in [0.05, 0.1) is 0 Å². The molecule has 2 nitrogen and oxygen atoms in total. The van der Waals surface area contributed by atoms with Crippen molar-refractivity contribution in [3.05, 3.63) is 35.2 Å². The molecule has 0 atom stereocenters. The van der Waals surface area contributed by atoms with E-state index >= 15 is 0 Å². The lowest BCUT2D eigenvalue weighted by Crippen LogP contribution is -2.28. The van der Waals surface area contributed by atoms with Crippen molar-refractivity contribution in [2.75, 3.05) is 0 Å². The Kier molecular flexibility index (Phi) is 2.86. The first kappa shape index (κ1) is 11.4. The van der Waals surface area contributed by atoms with Gasteiger partial charge in [0.25, 0.3) is 0 Å². The van der Waals surface area contributed by atoms with Crippen LogP contribution in [0.3, 0.4) is 0 Å². The lowest BCUT2D eigenvalue weighted by atomic mass is 10.2. The van der Waals surface area contributed by atoms with Crippen molar-refractivity contribution >= 4 is 35.7 Å². The summed E-state index contributed by atoms with van der Waals surface area (Å²) in [5, 5.41) is 1.11. The second-order valence-corrected chi connectivity index (χ2v) is 10.2. The lowest BCUT2D eigenvalue weighted by molar-refractivity contribution is 0.0730. The van der Waals surface area contributed by atoms with Crippen LogP contribution < -0.4 is 0 Å². The van der Waals surface area contributed by atoms with E-state index in [1.165, 1.54) is 11.3 Å². The number of hydrogen-bond donors (Lipinski definition) is 0. The maximum absolute atomic E-state index is 11.9. The van der Waals surface area contributed by atoms with Crippen LogP contribution in [0, 0.1) is 0 Å². The highest BCUT2D eigenvalue weighted by Gasteiger charge is 2.22. The molecule has 0 saturated heterocycles. The van der Waals surface area contributed by atoms with Gasteiger partial charge in [-0.05, 0) is 37.2 Å². The topological polar surface area (TPSA) is 26.3 Å². The van der Waals surface area contributed by atoms with E-state index < -0.39 is 8.32 Å². The number of carbonyl (C=O) groups excluding carboxylic acids is 1. The van der Waals surface area contributed by atoms with Gasteiger partial charge in [-0.3, -0.25) is 0 Å². The predicted octanol–water partition coefficient (Wildman–Crippen LogP) is 3.89. The number of fused-ring (bicyclic) bond motifs is 1. The number of rotatable bonds is 2. The van der Waals surface area contributed by atoms with Gasteiger partial charge in [0, 0.05) is 4.70 Å². The molecule has 0 saturated carbocycles. The molecule has 2 aromatic rings. The summed E-state index contributed by atoms with van der Waals surface area (Å²) in [6.45, 7) is 6.04. The fraction of sp³-hybridized carbons (Fsp3) is 0.250. The summed E-state index contributed by atoms with van der Waals surface area (Å²) in [4.78, 5) is 12.6. The molecular weight excluding hydrogens is 236 g/mol. The zero-order valence-corrected chi connectivity index (χ0v) is 11.4. The Morgan fingerprint density at radius 2 is 1.94 bits per heavy atom. The van der Waals surface area contributed by atoms with E-state index in [1.807, 2.05) is 50.0 Å². The molecule has 4 heteroatoms. The number of carbonyl (C=O) groups is 1. The van der Waals surface area contributed by atoms with E-state index in [0.29, 0.717) is 4.88 Å². The SMILES string of the molecule is C[Si](C)(C)OC(=O)c1cc2ccccc2s1. The lowest BCUT2D eigenvalue weighted by Gasteiger charge is -2.16. The molecular formula is C12H14O2SSi. The molecule has 0 radical (unpaired) electrons. The highest BCUT2D eigenvalue weighted by Crippen LogP contribution is 2.26. The number of benzene rings is 1. The second-order valence-electron chi connectivity index (χ2n) is 4.65. The van der Waals surface area contributed by atoms with E-state index in [-0.39, 0.29) is 5.97 Å². The fourth-order valence-electron chi connectivity index (χ4n) is 1.41. The average molecular weight is 250 g/mol. The summed E-state index contributed by atoms with van der Waals surface area (Å²) in [7, 11) is -1.79. The number of hydrogen-bond acceptors (Lipinski definition) is 3. The van der Waals surface area contributed by atoms with Gasteiger partial charge in [0.2, 0.25) is 8.32 Å². The summed E-state index contributed by atoms with van der Waals surface area (Å²) >= 11 is 1.49. The highest BCUT2D eigenvalue weighted by atomic mass is 32.1. The van der Waals surface area contributed by atoms with Crippen LogP contribution in [-0.4, -0.2) is 14.3 Å². The van der Waals surface area contributed by atoms with Gasteiger partial charge in [0.15, 0.2) is 0 Å². The molecule has 1 aromatic heterocycles. The van der Waals surface area contributed by atoms with Gasteiger partial charge < -0.3 is 4.43 Å². The minimum absolute atomic E-state index is 0.180. The molecule has 0 aliphatic rings. The van der Waals surface area contributed by atoms with E-state index in [2.05, 4.69) is 0 Å². The molecule has 84 valence electrons. The maximum atomic E-state index is 11.9. The van der Waals surface area contributed by atoms with Crippen molar-refractivity contribution in [1.82, 2.24) is 0 Å². The predicted molar refractivity (Wildman–Crippen MR) is 70.6 cm³/mol. The number of thiophene rings is 1. The minimum atomic E-state index is -1.79. The van der Waals surface area contributed by atoms with Crippen LogP contribution in [0.5, 0.6) is 0 Å². The van der Waals surface area contributed by atoms with Crippen LogP contribution in [0.2, 0.25) is 19.6 Å². The molecule has 0 N–H and O–H groups in total. The van der Waals surface area contributed by atoms with Crippen molar-refractivity contribution in [3.63, 3.8) is 0 Å². The van der Waals surface area contributed by atoms with E-state index in [9.17, 15) is 4.79 Å². The zero-order valence-electron chi connectivity index (χ0n) is 9.61. The molecule has 16 heavy (non-hydrogen) atoms. The van der Waals surface area contributed by atoms with Gasteiger partial charge in [-0.2, -0.15) is 0 Å². The normalized spacial score (nSPS) is 11.7. The fourth-order valence-corrected chi connectivity index (χ4v) is 3.09. The third-order valence-corrected chi connectivity index (χ3v) is 3.92. The summed E-state index contributed by atoms with van der Waals surface area (Å²) in [5.74, 6) is -0.180. The van der Waals surface area contributed by atoms with Crippen LogP contribution in [0.1, 0.15) is 9.67 Å². The van der Waals surface area contributed by atoms with E-state index in [1.54, 1.807) is 0 Å². The molecule has 2 rings (SSSR count). The third-order valence-electron chi connectivity index (χ3n) is 2.03. The maximum Gasteiger partial charge on any atom is 0.335 e.